The lowest BCUT2D eigenvalue weighted by atomic mass is 10.1. The van der Waals surface area contributed by atoms with Crippen LogP contribution < -0.4 is 14.2 Å². The van der Waals surface area contributed by atoms with Gasteiger partial charge >= 0.3 is 0 Å². The molecule has 0 unspecified atom stereocenters. The summed E-state index contributed by atoms with van der Waals surface area (Å²) in [5.41, 5.74) is 1.51. The largest absolute Gasteiger partial charge is 0.493 e. The Kier molecular flexibility index (Phi) is 6.12. The van der Waals surface area contributed by atoms with E-state index in [4.69, 9.17) is 14.2 Å². The third-order valence-corrected chi connectivity index (χ3v) is 6.04. The van der Waals surface area contributed by atoms with E-state index in [0.717, 1.165) is 16.0 Å². The third-order valence-electron chi connectivity index (χ3n) is 4.35. The van der Waals surface area contributed by atoms with Crippen LogP contribution in [0.1, 0.15) is 18.9 Å². The Labute approximate surface area is 170 Å². The van der Waals surface area contributed by atoms with Crippen LogP contribution in [-0.4, -0.2) is 38.2 Å². The van der Waals surface area contributed by atoms with Crippen LogP contribution in [0.3, 0.4) is 0 Å². The van der Waals surface area contributed by atoms with Gasteiger partial charge in [0.15, 0.2) is 17.3 Å². The maximum absolute atomic E-state index is 13.2. The molecule has 29 heavy (non-hydrogen) atoms. The fourth-order valence-electron chi connectivity index (χ4n) is 2.87. The normalized spacial score (nSPS) is 11.3. The van der Waals surface area contributed by atoms with Gasteiger partial charge in [-0.15, -0.1) is 0 Å². The Hall–Kier alpha value is -3.00. The molecule has 0 saturated heterocycles. The van der Waals surface area contributed by atoms with Gasteiger partial charge in [0.1, 0.15) is 0 Å². The third kappa shape index (κ3) is 4.07. The van der Waals surface area contributed by atoms with Crippen molar-refractivity contribution in [3.8, 4) is 28.6 Å². The minimum atomic E-state index is -3.81. The lowest BCUT2D eigenvalue weighted by molar-refractivity contribution is 0.275. The predicted molar refractivity (Wildman–Crippen MR) is 110 cm³/mol. The second-order valence-corrected chi connectivity index (χ2v) is 8.24. The van der Waals surface area contributed by atoms with Gasteiger partial charge in [-0.25, -0.2) is 17.4 Å². The first-order valence-corrected chi connectivity index (χ1v) is 10.6. The van der Waals surface area contributed by atoms with E-state index < -0.39 is 10.0 Å². The first-order chi connectivity index (χ1) is 13.9. The number of rotatable bonds is 8. The lowest BCUT2D eigenvalue weighted by Gasteiger charge is -2.16. The van der Waals surface area contributed by atoms with Crippen LogP contribution in [0.15, 0.2) is 53.7 Å². The van der Waals surface area contributed by atoms with E-state index in [1.165, 1.54) is 26.6 Å². The highest BCUT2D eigenvalue weighted by molar-refractivity contribution is 7.90. The van der Waals surface area contributed by atoms with E-state index in [2.05, 4.69) is 4.98 Å². The van der Waals surface area contributed by atoms with Crippen molar-refractivity contribution >= 4 is 10.0 Å². The molecule has 0 radical (unpaired) electrons. The van der Waals surface area contributed by atoms with E-state index in [0.29, 0.717) is 29.4 Å². The molecule has 0 aliphatic carbocycles. The zero-order valence-corrected chi connectivity index (χ0v) is 17.7. The number of methoxy groups -OCH3 is 2. The Morgan fingerprint density at radius 3 is 2.21 bits per heavy atom. The first-order valence-electron chi connectivity index (χ1n) is 9.17. The van der Waals surface area contributed by atoms with Crippen molar-refractivity contribution in [3.05, 3.63) is 54.4 Å². The van der Waals surface area contributed by atoms with E-state index in [-0.39, 0.29) is 10.7 Å². The highest BCUT2D eigenvalue weighted by atomic mass is 32.2. The molecule has 7 nitrogen and oxygen atoms in total. The molecule has 154 valence electrons. The van der Waals surface area contributed by atoms with Crippen molar-refractivity contribution in [2.75, 3.05) is 20.8 Å². The number of nitrogens with zero attached hydrogens (tertiary/aromatic N) is 2. The standard InChI is InChI=1S/C21H24N2O5S/c1-5-12-28-20-18(26-3)13-16(14-19(20)27-4)21-22-10-11-23(21)29(24,25)17-8-6-15(2)7-9-17/h6-11,13-14H,5,12H2,1-4H3. The molecule has 8 heteroatoms. The summed E-state index contributed by atoms with van der Waals surface area (Å²) in [5, 5.41) is 0. The van der Waals surface area contributed by atoms with Crippen LogP contribution in [0.25, 0.3) is 11.4 Å². The molecule has 0 aliphatic heterocycles. The van der Waals surface area contributed by atoms with Crippen molar-refractivity contribution in [1.82, 2.24) is 8.96 Å². The Balaban J connectivity index is 2.12. The maximum atomic E-state index is 13.2. The summed E-state index contributed by atoms with van der Waals surface area (Å²) < 4.78 is 44.1. The molecule has 0 spiro atoms. The minimum Gasteiger partial charge on any atom is -0.493 e. The summed E-state index contributed by atoms with van der Waals surface area (Å²) in [4.78, 5) is 4.45. The van der Waals surface area contributed by atoms with Gasteiger partial charge in [-0.3, -0.25) is 0 Å². The number of hydrogen-bond donors (Lipinski definition) is 0. The fourth-order valence-corrected chi connectivity index (χ4v) is 4.17. The van der Waals surface area contributed by atoms with Crippen LogP contribution in [0.4, 0.5) is 0 Å². The minimum absolute atomic E-state index is 0.184. The summed E-state index contributed by atoms with van der Waals surface area (Å²) in [6, 6.07) is 10.1. The summed E-state index contributed by atoms with van der Waals surface area (Å²) in [6.07, 6.45) is 3.69. The van der Waals surface area contributed by atoms with E-state index in [1.807, 2.05) is 13.8 Å². The zero-order chi connectivity index (χ0) is 21.0. The fraction of sp³-hybridized carbons (Fsp3) is 0.286. The van der Waals surface area contributed by atoms with Gasteiger partial charge in [-0.2, -0.15) is 0 Å². The molecule has 1 heterocycles. The number of hydrogen-bond acceptors (Lipinski definition) is 6. The highest BCUT2D eigenvalue weighted by Crippen LogP contribution is 2.41. The molecule has 0 amide bonds. The molecular formula is C21H24N2O5S. The molecule has 3 aromatic rings. The number of imidazole rings is 1. The topological polar surface area (TPSA) is 79.7 Å². The van der Waals surface area contributed by atoms with Crippen LogP contribution >= 0.6 is 0 Å². The average molecular weight is 416 g/mol. The summed E-state index contributed by atoms with van der Waals surface area (Å²) in [5.74, 6) is 1.61. The molecule has 0 N–H and O–H groups in total. The summed E-state index contributed by atoms with van der Waals surface area (Å²) in [6.45, 7) is 4.41. The average Bonchev–Trinajstić information content (AvgIpc) is 3.22. The SMILES string of the molecule is CCCOc1c(OC)cc(-c2nccn2S(=O)(=O)c2ccc(C)cc2)cc1OC. The summed E-state index contributed by atoms with van der Waals surface area (Å²) >= 11 is 0. The van der Waals surface area contributed by atoms with Gasteiger partial charge in [-0.05, 0) is 37.6 Å². The van der Waals surface area contributed by atoms with E-state index >= 15 is 0 Å². The van der Waals surface area contributed by atoms with Gasteiger partial charge in [0.2, 0.25) is 5.75 Å². The maximum Gasteiger partial charge on any atom is 0.269 e. The van der Waals surface area contributed by atoms with Crippen molar-refractivity contribution in [1.29, 1.82) is 0 Å². The monoisotopic (exact) mass is 416 g/mol. The van der Waals surface area contributed by atoms with Crippen molar-refractivity contribution in [2.45, 2.75) is 25.2 Å². The van der Waals surface area contributed by atoms with Gasteiger partial charge in [-0.1, -0.05) is 24.6 Å². The molecule has 3 rings (SSSR count). The molecule has 1 aromatic heterocycles. The molecule has 0 aliphatic rings. The van der Waals surface area contributed by atoms with Crippen LogP contribution in [0.2, 0.25) is 0 Å². The lowest BCUT2D eigenvalue weighted by Crippen LogP contribution is -2.13. The van der Waals surface area contributed by atoms with Crippen LogP contribution in [-0.2, 0) is 10.0 Å². The summed E-state index contributed by atoms with van der Waals surface area (Å²) in [7, 11) is -0.772. The van der Waals surface area contributed by atoms with Crippen LogP contribution in [0.5, 0.6) is 17.2 Å². The molecule has 0 fully saturated rings. The number of ether oxygens (including phenoxy) is 3. The second-order valence-electron chi connectivity index (χ2n) is 6.42. The van der Waals surface area contributed by atoms with Crippen molar-refractivity contribution in [2.24, 2.45) is 0 Å². The Morgan fingerprint density at radius 1 is 1.03 bits per heavy atom. The quantitative estimate of drug-likeness (QED) is 0.554. The molecule has 0 bridgehead atoms. The van der Waals surface area contributed by atoms with Gasteiger partial charge in [0, 0.05) is 18.0 Å². The van der Waals surface area contributed by atoms with Gasteiger partial charge in [0.25, 0.3) is 10.0 Å². The highest BCUT2D eigenvalue weighted by Gasteiger charge is 2.23. The van der Waals surface area contributed by atoms with E-state index in [9.17, 15) is 8.42 Å². The van der Waals surface area contributed by atoms with Crippen molar-refractivity contribution < 1.29 is 22.6 Å². The van der Waals surface area contributed by atoms with Gasteiger partial charge < -0.3 is 14.2 Å². The van der Waals surface area contributed by atoms with Crippen molar-refractivity contribution in [3.63, 3.8) is 0 Å². The first kappa shape index (κ1) is 20.7. The van der Waals surface area contributed by atoms with Crippen LogP contribution in [0, 0.1) is 6.92 Å². The zero-order valence-electron chi connectivity index (χ0n) is 16.9. The number of aryl methyl sites for hydroxylation is 1. The van der Waals surface area contributed by atoms with E-state index in [1.54, 1.807) is 36.4 Å². The number of aromatic nitrogens is 2. The molecule has 0 atom stereocenters. The molecular weight excluding hydrogens is 392 g/mol. The second kappa shape index (κ2) is 8.57. The smallest absolute Gasteiger partial charge is 0.269 e. The number of benzene rings is 2. The Bertz CT molecular complexity index is 1060. The molecule has 0 saturated carbocycles. The Morgan fingerprint density at radius 2 is 1.66 bits per heavy atom. The molecule has 2 aromatic carbocycles. The van der Waals surface area contributed by atoms with Gasteiger partial charge in [0.05, 0.1) is 25.7 Å². The predicted octanol–water partition coefficient (Wildman–Crippen LogP) is 3.90.